The van der Waals surface area contributed by atoms with Crippen molar-refractivity contribution in [3.63, 3.8) is 0 Å². The fraction of sp³-hybridized carbons (Fsp3) is 0.500. The van der Waals surface area contributed by atoms with Crippen LogP contribution in [0.1, 0.15) is 20.8 Å². The van der Waals surface area contributed by atoms with Crippen LogP contribution in [0.5, 0.6) is 5.75 Å². The van der Waals surface area contributed by atoms with Crippen molar-refractivity contribution in [3.05, 3.63) is 24.3 Å². The number of nitrogens with zero attached hydrogens (tertiary/aromatic N) is 1. The standard InChI is InChI=1S/C18H28N4O4/c1-5-22(16(24)10-20-18(25)17(19)12(2)3)11-15(23)21-13-7-6-8-14(9-13)26-4/h6-9,12,17H,5,10-11,19H2,1-4H3,(H,20,25)(H,21,23)/t17-/m0/s1. The summed E-state index contributed by atoms with van der Waals surface area (Å²) in [6.07, 6.45) is 0. The van der Waals surface area contributed by atoms with Crippen LogP contribution in [-0.2, 0) is 14.4 Å². The maximum atomic E-state index is 12.2. The fourth-order valence-electron chi connectivity index (χ4n) is 2.15. The summed E-state index contributed by atoms with van der Waals surface area (Å²) in [5.74, 6) is -0.474. The summed E-state index contributed by atoms with van der Waals surface area (Å²) in [5.41, 5.74) is 6.31. The molecular formula is C18H28N4O4. The first-order valence-corrected chi connectivity index (χ1v) is 8.53. The first-order chi connectivity index (χ1) is 12.3. The van der Waals surface area contributed by atoms with Crippen LogP contribution in [0, 0.1) is 5.92 Å². The van der Waals surface area contributed by atoms with Crippen LogP contribution in [0.15, 0.2) is 24.3 Å². The predicted molar refractivity (Wildman–Crippen MR) is 99.7 cm³/mol. The molecule has 0 aliphatic carbocycles. The van der Waals surface area contributed by atoms with Crippen LogP contribution in [0.3, 0.4) is 0 Å². The van der Waals surface area contributed by atoms with E-state index >= 15 is 0 Å². The molecule has 0 aromatic heterocycles. The van der Waals surface area contributed by atoms with Gasteiger partial charge in [-0.05, 0) is 25.0 Å². The van der Waals surface area contributed by atoms with Gasteiger partial charge in [-0.1, -0.05) is 19.9 Å². The van der Waals surface area contributed by atoms with Crippen molar-refractivity contribution in [2.45, 2.75) is 26.8 Å². The molecule has 0 aliphatic rings. The van der Waals surface area contributed by atoms with E-state index < -0.39 is 6.04 Å². The molecule has 8 heteroatoms. The molecule has 0 spiro atoms. The third-order valence-electron chi connectivity index (χ3n) is 3.86. The van der Waals surface area contributed by atoms with Crippen LogP contribution >= 0.6 is 0 Å². The predicted octanol–water partition coefficient (Wildman–Crippen LogP) is 0.582. The van der Waals surface area contributed by atoms with E-state index in [4.69, 9.17) is 10.5 Å². The van der Waals surface area contributed by atoms with Crippen LogP contribution in [0.2, 0.25) is 0 Å². The minimum atomic E-state index is -0.672. The Morgan fingerprint density at radius 2 is 1.96 bits per heavy atom. The number of benzene rings is 1. The van der Waals surface area contributed by atoms with Gasteiger partial charge in [0.25, 0.3) is 0 Å². The van der Waals surface area contributed by atoms with E-state index in [9.17, 15) is 14.4 Å². The van der Waals surface area contributed by atoms with Crippen molar-refractivity contribution in [1.29, 1.82) is 0 Å². The number of hydrogen-bond donors (Lipinski definition) is 3. The zero-order valence-corrected chi connectivity index (χ0v) is 15.7. The number of nitrogens with two attached hydrogens (primary N) is 1. The topological polar surface area (TPSA) is 114 Å². The Morgan fingerprint density at radius 3 is 2.54 bits per heavy atom. The largest absolute Gasteiger partial charge is 0.497 e. The molecule has 3 amide bonds. The maximum Gasteiger partial charge on any atom is 0.243 e. The van der Waals surface area contributed by atoms with Gasteiger partial charge in [-0.3, -0.25) is 14.4 Å². The van der Waals surface area contributed by atoms with Gasteiger partial charge in [0, 0.05) is 18.3 Å². The Labute approximate surface area is 154 Å². The van der Waals surface area contributed by atoms with Gasteiger partial charge < -0.3 is 26.0 Å². The maximum absolute atomic E-state index is 12.2. The average molecular weight is 364 g/mol. The second kappa shape index (κ2) is 10.4. The number of carbonyl (C=O) groups is 3. The number of ether oxygens (including phenoxy) is 1. The van der Waals surface area contributed by atoms with Gasteiger partial charge in [0.1, 0.15) is 5.75 Å². The zero-order chi connectivity index (χ0) is 19.7. The van der Waals surface area contributed by atoms with Crippen molar-refractivity contribution in [2.24, 2.45) is 11.7 Å². The van der Waals surface area contributed by atoms with E-state index in [2.05, 4.69) is 10.6 Å². The lowest BCUT2D eigenvalue weighted by Gasteiger charge is -2.21. The Morgan fingerprint density at radius 1 is 1.27 bits per heavy atom. The Balaban J connectivity index is 2.55. The van der Waals surface area contributed by atoms with Crippen LogP contribution < -0.4 is 21.1 Å². The number of methoxy groups -OCH3 is 1. The normalized spacial score (nSPS) is 11.6. The summed E-state index contributed by atoms with van der Waals surface area (Å²) in [6.45, 7) is 5.45. The molecule has 0 bridgehead atoms. The van der Waals surface area contributed by atoms with Gasteiger partial charge >= 0.3 is 0 Å². The lowest BCUT2D eigenvalue weighted by Crippen LogP contribution is -2.48. The van der Waals surface area contributed by atoms with E-state index in [1.165, 1.54) is 12.0 Å². The van der Waals surface area contributed by atoms with Crippen molar-refractivity contribution in [2.75, 3.05) is 32.1 Å². The third-order valence-corrected chi connectivity index (χ3v) is 3.86. The molecule has 26 heavy (non-hydrogen) atoms. The summed E-state index contributed by atoms with van der Waals surface area (Å²) in [7, 11) is 1.54. The summed E-state index contributed by atoms with van der Waals surface area (Å²) in [5, 5.41) is 5.23. The molecule has 1 aromatic carbocycles. The van der Waals surface area contributed by atoms with Crippen LogP contribution in [0.25, 0.3) is 0 Å². The fourth-order valence-corrected chi connectivity index (χ4v) is 2.15. The van der Waals surface area contributed by atoms with Crippen molar-refractivity contribution in [3.8, 4) is 5.75 Å². The molecule has 144 valence electrons. The Bertz CT molecular complexity index is 633. The zero-order valence-electron chi connectivity index (χ0n) is 15.7. The smallest absolute Gasteiger partial charge is 0.243 e. The van der Waals surface area contributed by atoms with E-state index in [1.54, 1.807) is 31.2 Å². The first-order valence-electron chi connectivity index (χ1n) is 8.53. The highest BCUT2D eigenvalue weighted by Gasteiger charge is 2.20. The second-order valence-corrected chi connectivity index (χ2v) is 6.18. The summed E-state index contributed by atoms with van der Waals surface area (Å²) < 4.78 is 5.10. The minimum Gasteiger partial charge on any atom is -0.497 e. The third kappa shape index (κ3) is 6.72. The molecule has 1 rings (SSSR count). The highest BCUT2D eigenvalue weighted by molar-refractivity contribution is 5.95. The lowest BCUT2D eigenvalue weighted by molar-refractivity contribution is -0.135. The number of likely N-dealkylation sites (N-methyl/N-ethyl adjacent to an activating group) is 1. The quantitative estimate of drug-likeness (QED) is 0.593. The molecule has 0 saturated carbocycles. The van der Waals surface area contributed by atoms with E-state index in [-0.39, 0.29) is 36.7 Å². The van der Waals surface area contributed by atoms with Crippen LogP contribution in [-0.4, -0.2) is 55.4 Å². The molecule has 8 nitrogen and oxygen atoms in total. The van der Waals surface area contributed by atoms with E-state index in [0.717, 1.165) is 0 Å². The van der Waals surface area contributed by atoms with E-state index in [1.807, 2.05) is 13.8 Å². The molecule has 4 N–H and O–H groups in total. The van der Waals surface area contributed by atoms with Crippen molar-refractivity contribution < 1.29 is 19.1 Å². The van der Waals surface area contributed by atoms with Gasteiger partial charge in [-0.15, -0.1) is 0 Å². The Hall–Kier alpha value is -2.61. The highest BCUT2D eigenvalue weighted by atomic mass is 16.5. The Kier molecular flexibility index (Phi) is 8.57. The summed E-state index contributed by atoms with van der Waals surface area (Å²) in [4.78, 5) is 37.6. The number of amides is 3. The number of nitrogens with one attached hydrogen (secondary N) is 2. The van der Waals surface area contributed by atoms with Gasteiger partial charge in [0.2, 0.25) is 17.7 Å². The summed E-state index contributed by atoms with van der Waals surface area (Å²) in [6, 6.07) is 6.26. The second-order valence-electron chi connectivity index (χ2n) is 6.18. The molecule has 0 saturated heterocycles. The number of anilines is 1. The van der Waals surface area contributed by atoms with Gasteiger partial charge in [0.05, 0.1) is 26.2 Å². The number of rotatable bonds is 9. The monoisotopic (exact) mass is 364 g/mol. The average Bonchev–Trinajstić information content (AvgIpc) is 2.63. The van der Waals surface area contributed by atoms with Gasteiger partial charge in [-0.25, -0.2) is 0 Å². The van der Waals surface area contributed by atoms with Crippen molar-refractivity contribution in [1.82, 2.24) is 10.2 Å². The molecule has 0 unspecified atom stereocenters. The SMILES string of the molecule is CCN(CC(=O)Nc1cccc(OC)c1)C(=O)CNC(=O)[C@@H](N)C(C)C. The molecule has 1 atom stereocenters. The van der Waals surface area contributed by atoms with Gasteiger partial charge in [-0.2, -0.15) is 0 Å². The minimum absolute atomic E-state index is 0.0268. The van der Waals surface area contributed by atoms with Crippen LogP contribution in [0.4, 0.5) is 5.69 Å². The number of hydrogen-bond acceptors (Lipinski definition) is 5. The molecule has 0 aliphatic heterocycles. The molecule has 0 fully saturated rings. The van der Waals surface area contributed by atoms with E-state index in [0.29, 0.717) is 18.0 Å². The number of carbonyl (C=O) groups excluding carboxylic acids is 3. The van der Waals surface area contributed by atoms with Gasteiger partial charge in [0.15, 0.2) is 0 Å². The molecular weight excluding hydrogens is 336 g/mol. The molecule has 0 heterocycles. The molecule has 0 radical (unpaired) electrons. The lowest BCUT2D eigenvalue weighted by atomic mass is 10.1. The molecule has 1 aromatic rings. The summed E-state index contributed by atoms with van der Waals surface area (Å²) >= 11 is 0. The highest BCUT2D eigenvalue weighted by Crippen LogP contribution is 2.16. The first kappa shape index (κ1) is 21.4. The van der Waals surface area contributed by atoms with Crippen molar-refractivity contribution >= 4 is 23.4 Å².